The Morgan fingerprint density at radius 1 is 1.11 bits per heavy atom. The number of anilines is 3. The Kier molecular flexibility index (Phi) is 9.31. The highest BCUT2D eigenvalue weighted by Gasteiger charge is 2.33. The van der Waals surface area contributed by atoms with E-state index in [2.05, 4.69) is 15.6 Å². The van der Waals surface area contributed by atoms with Crippen LogP contribution in [-0.4, -0.2) is 30.0 Å². The number of carbonyl (C=O) groups excluding carboxylic acids is 2. The number of pyridine rings is 1. The minimum atomic E-state index is -4.51. The molecule has 1 aliphatic heterocycles. The third-order valence-electron chi connectivity index (χ3n) is 5.36. The molecule has 6 N–H and O–H groups in total. The summed E-state index contributed by atoms with van der Waals surface area (Å²) in [4.78, 5) is 26.1. The molecule has 0 bridgehead atoms. The van der Waals surface area contributed by atoms with E-state index in [-0.39, 0.29) is 22.5 Å². The largest absolute Gasteiger partial charge is 0.418 e. The molecule has 1 atom stereocenters. The highest BCUT2D eigenvalue weighted by atomic mass is 35.5. The fourth-order valence-electron chi connectivity index (χ4n) is 3.35. The van der Waals surface area contributed by atoms with Gasteiger partial charge in [0.1, 0.15) is 5.82 Å². The molecule has 37 heavy (non-hydrogen) atoms. The van der Waals surface area contributed by atoms with Crippen LogP contribution in [0.2, 0.25) is 5.02 Å². The van der Waals surface area contributed by atoms with Crippen molar-refractivity contribution in [1.29, 1.82) is 0 Å². The van der Waals surface area contributed by atoms with Gasteiger partial charge in [-0.2, -0.15) is 13.2 Å². The second kappa shape index (κ2) is 12.4. The van der Waals surface area contributed by atoms with E-state index < -0.39 is 17.6 Å². The fraction of sp³-hybridized carbons (Fsp3) is 0.240. The minimum Gasteiger partial charge on any atom is -0.384 e. The zero-order valence-corrected chi connectivity index (χ0v) is 20.3. The molecule has 1 aliphatic rings. The van der Waals surface area contributed by atoms with Crippen LogP contribution in [0.15, 0.2) is 60.8 Å². The van der Waals surface area contributed by atoms with Gasteiger partial charge in [0.25, 0.3) is 0 Å². The molecule has 4 rings (SSSR count). The number of halogens is 4. The monoisotopic (exact) mass is 535 g/mol. The Morgan fingerprint density at radius 2 is 1.84 bits per heavy atom. The molecule has 0 saturated carbocycles. The molecule has 1 unspecified atom stereocenters. The van der Waals surface area contributed by atoms with Gasteiger partial charge >= 0.3 is 6.18 Å². The van der Waals surface area contributed by atoms with Crippen LogP contribution >= 0.6 is 11.6 Å². The van der Waals surface area contributed by atoms with Crippen molar-refractivity contribution in [3.8, 4) is 0 Å². The Labute approximate surface area is 216 Å². The summed E-state index contributed by atoms with van der Waals surface area (Å²) in [6, 6.07) is 13.5. The number of nitrogen functional groups attached to an aromatic ring is 1. The molecular formula is C25H25ClF3N5O3. The molecule has 3 aromatic rings. The van der Waals surface area contributed by atoms with Crippen molar-refractivity contribution in [1.82, 2.24) is 10.3 Å². The van der Waals surface area contributed by atoms with Crippen molar-refractivity contribution >= 4 is 40.6 Å². The summed E-state index contributed by atoms with van der Waals surface area (Å²) >= 11 is 5.68. The summed E-state index contributed by atoms with van der Waals surface area (Å²) in [6.07, 6.45) is -2.45. The first-order valence-corrected chi connectivity index (χ1v) is 11.5. The number of hydrogen-bond acceptors (Lipinski definition) is 6. The van der Waals surface area contributed by atoms with Gasteiger partial charge in [-0.15, -0.1) is 0 Å². The van der Waals surface area contributed by atoms with Crippen molar-refractivity contribution in [3.63, 3.8) is 0 Å². The number of aromatic nitrogens is 1. The Balaban J connectivity index is 0.000000319. The van der Waals surface area contributed by atoms with Crippen LogP contribution in [0.4, 0.5) is 30.4 Å². The maximum absolute atomic E-state index is 13.2. The van der Waals surface area contributed by atoms with E-state index in [1.807, 2.05) is 0 Å². The molecule has 0 aliphatic carbocycles. The molecule has 2 amide bonds. The molecule has 0 spiro atoms. The van der Waals surface area contributed by atoms with Crippen LogP contribution in [0.3, 0.4) is 0 Å². The third kappa shape index (κ3) is 8.36. The van der Waals surface area contributed by atoms with E-state index in [9.17, 15) is 22.8 Å². The predicted molar refractivity (Wildman–Crippen MR) is 134 cm³/mol. The Morgan fingerprint density at radius 3 is 2.41 bits per heavy atom. The van der Waals surface area contributed by atoms with E-state index in [0.717, 1.165) is 18.1 Å². The average molecular weight is 536 g/mol. The van der Waals surface area contributed by atoms with Crippen molar-refractivity contribution in [2.45, 2.75) is 19.1 Å². The summed E-state index contributed by atoms with van der Waals surface area (Å²) in [5.41, 5.74) is 11.0. The van der Waals surface area contributed by atoms with E-state index in [1.54, 1.807) is 24.3 Å². The molecule has 0 radical (unpaired) electrons. The summed E-state index contributed by atoms with van der Waals surface area (Å²) in [5.74, 6) is -0.278. The van der Waals surface area contributed by atoms with Crippen molar-refractivity contribution in [2.75, 3.05) is 24.3 Å². The lowest BCUT2D eigenvalue weighted by Crippen LogP contribution is -2.30. The maximum atomic E-state index is 13.2. The highest BCUT2D eigenvalue weighted by Crippen LogP contribution is 2.37. The lowest BCUT2D eigenvalue weighted by atomic mass is 10.1. The van der Waals surface area contributed by atoms with E-state index in [0.29, 0.717) is 36.8 Å². The first-order chi connectivity index (χ1) is 17.5. The van der Waals surface area contributed by atoms with Gasteiger partial charge in [0.2, 0.25) is 11.8 Å². The SMILES string of the molecule is NC(=O)c1ccc(N)nc1.O=C(NCc1ccc(Nc2ccc(Cl)cc2C(F)(F)F)cc1)C1CCOC1. The van der Waals surface area contributed by atoms with Gasteiger partial charge in [0.05, 0.1) is 29.3 Å². The van der Waals surface area contributed by atoms with Gasteiger partial charge in [-0.05, 0) is 54.4 Å². The van der Waals surface area contributed by atoms with Crippen LogP contribution in [0.1, 0.15) is 27.9 Å². The summed E-state index contributed by atoms with van der Waals surface area (Å²) in [6.45, 7) is 1.39. The zero-order chi connectivity index (χ0) is 27.0. The van der Waals surface area contributed by atoms with Gasteiger partial charge < -0.3 is 26.8 Å². The van der Waals surface area contributed by atoms with Crippen molar-refractivity contribution in [2.24, 2.45) is 11.7 Å². The Bertz CT molecular complexity index is 1220. The topological polar surface area (TPSA) is 132 Å². The summed E-state index contributed by atoms with van der Waals surface area (Å²) < 4.78 is 44.6. The van der Waals surface area contributed by atoms with Crippen LogP contribution < -0.4 is 22.1 Å². The summed E-state index contributed by atoms with van der Waals surface area (Å²) in [5, 5.41) is 5.62. The zero-order valence-electron chi connectivity index (χ0n) is 19.5. The van der Waals surface area contributed by atoms with Crippen molar-refractivity contribution in [3.05, 3.63) is 82.5 Å². The van der Waals surface area contributed by atoms with E-state index in [4.69, 9.17) is 27.8 Å². The highest BCUT2D eigenvalue weighted by molar-refractivity contribution is 6.30. The molecule has 2 heterocycles. The van der Waals surface area contributed by atoms with E-state index >= 15 is 0 Å². The van der Waals surface area contributed by atoms with Crippen LogP contribution in [0, 0.1) is 5.92 Å². The van der Waals surface area contributed by atoms with Crippen LogP contribution in [0.5, 0.6) is 0 Å². The van der Waals surface area contributed by atoms with Crippen LogP contribution in [-0.2, 0) is 22.3 Å². The minimum absolute atomic E-state index is 0.0200. The number of primary amides is 1. The number of amides is 2. The lowest BCUT2D eigenvalue weighted by molar-refractivity contribution is -0.137. The second-order valence-corrected chi connectivity index (χ2v) is 8.56. The molecule has 1 fully saturated rings. The van der Waals surface area contributed by atoms with Crippen molar-refractivity contribution < 1.29 is 27.5 Å². The standard InChI is InChI=1S/C19H18ClF3N2O2.C6H7N3O/c20-14-3-6-17(16(9-14)19(21,22)23)25-15-4-1-12(2-5-15)10-24-18(26)13-7-8-27-11-13;7-5-2-1-4(3-9-5)6(8)10/h1-6,9,13,25H,7-8,10-11H2,(H,24,26);1-3H,(H2,7,9)(H2,8,10). The third-order valence-corrected chi connectivity index (χ3v) is 5.59. The molecule has 8 nitrogen and oxygen atoms in total. The van der Waals surface area contributed by atoms with Gasteiger partial charge in [-0.25, -0.2) is 4.98 Å². The second-order valence-electron chi connectivity index (χ2n) is 8.12. The number of alkyl halides is 3. The molecule has 2 aromatic carbocycles. The molecule has 1 saturated heterocycles. The molecular weight excluding hydrogens is 511 g/mol. The molecule has 196 valence electrons. The number of carbonyl (C=O) groups is 2. The fourth-order valence-corrected chi connectivity index (χ4v) is 3.52. The van der Waals surface area contributed by atoms with Crippen LogP contribution in [0.25, 0.3) is 0 Å². The van der Waals surface area contributed by atoms with Gasteiger partial charge in [0, 0.05) is 30.1 Å². The molecule has 12 heteroatoms. The number of ether oxygens (including phenoxy) is 1. The predicted octanol–water partition coefficient (Wildman–Crippen LogP) is 4.52. The average Bonchev–Trinajstić information content (AvgIpc) is 3.40. The summed E-state index contributed by atoms with van der Waals surface area (Å²) in [7, 11) is 0. The quantitative estimate of drug-likeness (QED) is 0.367. The number of benzene rings is 2. The van der Waals surface area contributed by atoms with Gasteiger partial charge in [-0.3, -0.25) is 9.59 Å². The Hall–Kier alpha value is -3.83. The number of hydrogen-bond donors (Lipinski definition) is 4. The number of rotatable bonds is 6. The van der Waals surface area contributed by atoms with Gasteiger partial charge in [0.15, 0.2) is 0 Å². The number of nitrogens with zero attached hydrogens (tertiary/aromatic N) is 1. The number of nitrogens with two attached hydrogens (primary N) is 2. The molecule has 1 aromatic heterocycles. The van der Waals surface area contributed by atoms with Gasteiger partial charge in [-0.1, -0.05) is 23.7 Å². The van der Waals surface area contributed by atoms with E-state index in [1.165, 1.54) is 30.5 Å². The normalized spacial score (nSPS) is 14.9. The number of nitrogens with one attached hydrogen (secondary N) is 2. The first-order valence-electron chi connectivity index (χ1n) is 11.1. The maximum Gasteiger partial charge on any atom is 0.418 e. The lowest BCUT2D eigenvalue weighted by Gasteiger charge is -2.15. The smallest absolute Gasteiger partial charge is 0.384 e. The first kappa shape index (κ1) is 27.8.